The minimum absolute atomic E-state index is 0.280. The molecule has 66 valence electrons. The number of aryl methyl sites for hydroxylation is 1. The number of thiophene rings is 1. The predicted octanol–water partition coefficient (Wildman–Crippen LogP) is 2.58. The normalized spacial score (nSPS) is 12.8. The van der Waals surface area contributed by atoms with E-state index in [0.717, 1.165) is 19.3 Å². The van der Waals surface area contributed by atoms with Gasteiger partial charge in [-0.05, 0) is 41.7 Å². The van der Waals surface area contributed by atoms with Gasteiger partial charge in [0.25, 0.3) is 0 Å². The topological polar surface area (TPSA) is 26.0 Å². The first-order valence-electron chi connectivity index (χ1n) is 4.20. The van der Waals surface area contributed by atoms with Gasteiger partial charge >= 0.3 is 0 Å². The van der Waals surface area contributed by atoms with Gasteiger partial charge in [0.1, 0.15) is 0 Å². The molecule has 2 heteroatoms. The first-order valence-corrected chi connectivity index (χ1v) is 5.14. The summed E-state index contributed by atoms with van der Waals surface area (Å²) in [5.41, 5.74) is 7.24. The van der Waals surface area contributed by atoms with E-state index in [4.69, 9.17) is 5.73 Å². The number of nitrogens with two attached hydrogens (primary N) is 1. The van der Waals surface area contributed by atoms with Gasteiger partial charge in [-0.1, -0.05) is 6.08 Å². The molecule has 2 N–H and O–H groups in total. The molecule has 0 amide bonds. The molecule has 0 aliphatic rings. The lowest BCUT2D eigenvalue weighted by Crippen LogP contribution is -2.19. The molecule has 0 radical (unpaired) electrons. The Morgan fingerprint density at radius 1 is 1.67 bits per heavy atom. The predicted molar refractivity (Wildman–Crippen MR) is 55.4 cm³/mol. The number of hydrogen-bond acceptors (Lipinski definition) is 2. The van der Waals surface area contributed by atoms with Crippen molar-refractivity contribution in [3.05, 3.63) is 35.0 Å². The Kier molecular flexibility index (Phi) is 4.05. The second kappa shape index (κ2) is 5.12. The zero-order chi connectivity index (χ0) is 8.81. The zero-order valence-electron chi connectivity index (χ0n) is 7.20. The lowest BCUT2D eigenvalue weighted by molar-refractivity contribution is 0.622. The van der Waals surface area contributed by atoms with Gasteiger partial charge in [-0.3, -0.25) is 0 Å². The van der Waals surface area contributed by atoms with Crippen LogP contribution in [-0.4, -0.2) is 6.04 Å². The van der Waals surface area contributed by atoms with Crippen LogP contribution in [0.1, 0.15) is 18.4 Å². The molecule has 1 heterocycles. The Balaban J connectivity index is 2.21. The first-order chi connectivity index (χ1) is 5.83. The fourth-order valence-corrected chi connectivity index (χ4v) is 1.82. The Morgan fingerprint density at radius 2 is 2.50 bits per heavy atom. The zero-order valence-corrected chi connectivity index (χ0v) is 8.02. The molecule has 0 aromatic carbocycles. The minimum atomic E-state index is 0.280. The summed E-state index contributed by atoms with van der Waals surface area (Å²) in [6.07, 6.45) is 4.96. The van der Waals surface area contributed by atoms with Crippen molar-refractivity contribution in [2.45, 2.75) is 25.3 Å². The Hall–Kier alpha value is -0.600. The van der Waals surface area contributed by atoms with E-state index in [-0.39, 0.29) is 6.04 Å². The summed E-state index contributed by atoms with van der Waals surface area (Å²) in [6.45, 7) is 3.67. The van der Waals surface area contributed by atoms with Crippen LogP contribution in [0.5, 0.6) is 0 Å². The molecule has 1 aromatic heterocycles. The first kappa shape index (κ1) is 9.49. The van der Waals surface area contributed by atoms with E-state index in [0.29, 0.717) is 0 Å². The highest BCUT2D eigenvalue weighted by Crippen LogP contribution is 2.10. The fourth-order valence-electron chi connectivity index (χ4n) is 1.12. The van der Waals surface area contributed by atoms with Crippen molar-refractivity contribution in [1.82, 2.24) is 0 Å². The standard InChI is InChI=1S/C10H15NS/c1-2-3-10(11)5-4-9-6-7-12-8-9/h2,6-8,10H,1,3-5,11H2. The van der Waals surface area contributed by atoms with Gasteiger partial charge in [-0.15, -0.1) is 6.58 Å². The molecule has 12 heavy (non-hydrogen) atoms. The number of rotatable bonds is 5. The molecular formula is C10H15NS. The molecule has 1 atom stereocenters. The molecule has 0 spiro atoms. The molecule has 0 aliphatic carbocycles. The Bertz CT molecular complexity index is 216. The third-order valence-corrected chi connectivity index (χ3v) is 2.59. The van der Waals surface area contributed by atoms with Gasteiger partial charge in [0.2, 0.25) is 0 Å². The Labute approximate surface area is 77.9 Å². The summed E-state index contributed by atoms with van der Waals surface area (Å²) in [4.78, 5) is 0. The summed E-state index contributed by atoms with van der Waals surface area (Å²) in [7, 11) is 0. The van der Waals surface area contributed by atoms with Crippen LogP contribution in [0.3, 0.4) is 0 Å². The third kappa shape index (κ3) is 3.20. The fraction of sp³-hybridized carbons (Fsp3) is 0.400. The van der Waals surface area contributed by atoms with Crippen LogP contribution in [0.25, 0.3) is 0 Å². The van der Waals surface area contributed by atoms with Crippen LogP contribution >= 0.6 is 11.3 Å². The van der Waals surface area contributed by atoms with Crippen LogP contribution in [0, 0.1) is 0 Å². The van der Waals surface area contributed by atoms with Crippen LogP contribution in [0.2, 0.25) is 0 Å². The second-order valence-electron chi connectivity index (χ2n) is 2.95. The highest BCUT2D eigenvalue weighted by molar-refractivity contribution is 7.07. The molecule has 0 fully saturated rings. The summed E-state index contributed by atoms with van der Waals surface area (Å²) in [5.74, 6) is 0. The molecule has 1 unspecified atom stereocenters. The Morgan fingerprint density at radius 3 is 3.08 bits per heavy atom. The molecule has 0 bridgehead atoms. The summed E-state index contributed by atoms with van der Waals surface area (Å²) >= 11 is 1.74. The number of hydrogen-bond donors (Lipinski definition) is 1. The molecule has 1 rings (SSSR count). The van der Waals surface area contributed by atoms with Crippen molar-refractivity contribution in [1.29, 1.82) is 0 Å². The molecule has 1 nitrogen and oxygen atoms in total. The average molecular weight is 181 g/mol. The lowest BCUT2D eigenvalue weighted by atomic mass is 10.1. The summed E-state index contributed by atoms with van der Waals surface area (Å²) in [5, 5.41) is 4.29. The van der Waals surface area contributed by atoms with Crippen molar-refractivity contribution in [2.24, 2.45) is 5.73 Å². The minimum Gasteiger partial charge on any atom is -0.327 e. The van der Waals surface area contributed by atoms with Crippen molar-refractivity contribution in [3.8, 4) is 0 Å². The van der Waals surface area contributed by atoms with Crippen molar-refractivity contribution >= 4 is 11.3 Å². The molecule has 1 aromatic rings. The van der Waals surface area contributed by atoms with E-state index in [1.54, 1.807) is 11.3 Å². The molecule has 0 saturated carbocycles. The largest absolute Gasteiger partial charge is 0.327 e. The van der Waals surface area contributed by atoms with Gasteiger partial charge < -0.3 is 5.73 Å². The molecule has 0 aliphatic heterocycles. The van der Waals surface area contributed by atoms with Crippen LogP contribution < -0.4 is 5.73 Å². The van der Waals surface area contributed by atoms with Gasteiger partial charge in [0.05, 0.1) is 0 Å². The maximum Gasteiger partial charge on any atom is 0.00764 e. The van der Waals surface area contributed by atoms with Crippen LogP contribution in [0.4, 0.5) is 0 Å². The highest BCUT2D eigenvalue weighted by Gasteiger charge is 2.00. The van der Waals surface area contributed by atoms with Crippen molar-refractivity contribution in [2.75, 3.05) is 0 Å². The van der Waals surface area contributed by atoms with E-state index in [9.17, 15) is 0 Å². The smallest absolute Gasteiger partial charge is 0.00764 e. The summed E-state index contributed by atoms with van der Waals surface area (Å²) in [6, 6.07) is 2.44. The van der Waals surface area contributed by atoms with Gasteiger partial charge in [0, 0.05) is 6.04 Å². The molecule has 0 saturated heterocycles. The van der Waals surface area contributed by atoms with Gasteiger partial charge in [0.15, 0.2) is 0 Å². The maximum absolute atomic E-state index is 5.83. The van der Waals surface area contributed by atoms with Crippen molar-refractivity contribution in [3.63, 3.8) is 0 Å². The van der Waals surface area contributed by atoms with E-state index in [2.05, 4.69) is 23.4 Å². The van der Waals surface area contributed by atoms with Crippen LogP contribution in [0.15, 0.2) is 29.5 Å². The van der Waals surface area contributed by atoms with Crippen molar-refractivity contribution < 1.29 is 0 Å². The molecular weight excluding hydrogens is 166 g/mol. The average Bonchev–Trinajstić information content (AvgIpc) is 2.53. The lowest BCUT2D eigenvalue weighted by Gasteiger charge is -2.06. The maximum atomic E-state index is 5.83. The van der Waals surface area contributed by atoms with Gasteiger partial charge in [-0.25, -0.2) is 0 Å². The highest BCUT2D eigenvalue weighted by atomic mass is 32.1. The van der Waals surface area contributed by atoms with E-state index >= 15 is 0 Å². The SMILES string of the molecule is C=CCC(N)CCc1ccsc1. The quantitative estimate of drug-likeness (QED) is 0.694. The second-order valence-corrected chi connectivity index (χ2v) is 3.73. The van der Waals surface area contributed by atoms with Crippen LogP contribution in [-0.2, 0) is 6.42 Å². The van der Waals surface area contributed by atoms with E-state index in [1.807, 2.05) is 6.08 Å². The van der Waals surface area contributed by atoms with Gasteiger partial charge in [-0.2, -0.15) is 11.3 Å². The monoisotopic (exact) mass is 181 g/mol. The van der Waals surface area contributed by atoms with E-state index < -0.39 is 0 Å². The third-order valence-electron chi connectivity index (χ3n) is 1.85. The summed E-state index contributed by atoms with van der Waals surface area (Å²) < 4.78 is 0. The van der Waals surface area contributed by atoms with E-state index in [1.165, 1.54) is 5.56 Å².